The van der Waals surface area contributed by atoms with Crippen molar-refractivity contribution >= 4 is 23.6 Å². The number of aromatic amines is 2. The highest BCUT2D eigenvalue weighted by Gasteiger charge is 2.25. The van der Waals surface area contributed by atoms with Gasteiger partial charge in [0.2, 0.25) is 11.8 Å². The van der Waals surface area contributed by atoms with Gasteiger partial charge in [0.25, 0.3) is 11.8 Å². The number of carbonyl (C=O) groups excluding carboxylic acids is 4. The molecular weight excluding hydrogens is 644 g/mol. The molecule has 2 heterocycles. The maximum absolute atomic E-state index is 12.9. The Hall–Kier alpha value is -5.26. The summed E-state index contributed by atoms with van der Waals surface area (Å²) < 4.78 is 0. The molecule has 6 N–H and O–H groups in total. The third-order valence-corrected chi connectivity index (χ3v) is 8.84. The number of hydrogen-bond acceptors (Lipinski definition) is 6. The molecule has 2 aromatic carbocycles. The molecule has 0 spiro atoms. The minimum Gasteiger partial charge on any atom is -0.354 e. The third-order valence-electron chi connectivity index (χ3n) is 8.84. The highest BCUT2D eigenvalue weighted by molar-refractivity contribution is 5.98. The van der Waals surface area contributed by atoms with E-state index in [4.69, 9.17) is 0 Å². The maximum Gasteiger partial charge on any atom is 0.251 e. The van der Waals surface area contributed by atoms with E-state index in [0.29, 0.717) is 24.2 Å². The van der Waals surface area contributed by atoms with Crippen LogP contribution in [0.25, 0.3) is 22.5 Å². The minimum absolute atomic E-state index is 0.0603. The van der Waals surface area contributed by atoms with Crippen LogP contribution in [0.3, 0.4) is 0 Å². The number of unbranched alkanes of at least 4 members (excludes halogenated alkanes) is 6. The average molecular weight is 697 g/mol. The van der Waals surface area contributed by atoms with Crippen molar-refractivity contribution in [1.29, 1.82) is 0 Å². The van der Waals surface area contributed by atoms with Gasteiger partial charge in [-0.25, -0.2) is 9.97 Å². The molecule has 272 valence electrons. The molecule has 0 aliphatic carbocycles. The van der Waals surface area contributed by atoms with Crippen LogP contribution < -0.4 is 21.3 Å². The zero-order valence-corrected chi connectivity index (χ0v) is 30.1. The molecule has 0 saturated carbocycles. The Bertz CT molecular complexity index is 1530. The van der Waals surface area contributed by atoms with Gasteiger partial charge in [0, 0.05) is 24.2 Å². The zero-order chi connectivity index (χ0) is 36.6. The molecule has 12 heteroatoms. The first-order chi connectivity index (χ1) is 24.6. The molecule has 0 saturated heterocycles. The van der Waals surface area contributed by atoms with Crippen LogP contribution in [0.15, 0.2) is 73.6 Å². The van der Waals surface area contributed by atoms with Crippen molar-refractivity contribution in [3.05, 3.63) is 84.7 Å². The van der Waals surface area contributed by atoms with E-state index in [1.165, 1.54) is 0 Å². The smallest absolute Gasteiger partial charge is 0.251 e. The molecule has 12 nitrogen and oxygen atoms in total. The molecule has 0 bridgehead atoms. The number of nitrogens with zero attached hydrogens (tertiary/aromatic N) is 2. The summed E-state index contributed by atoms with van der Waals surface area (Å²) in [5.74, 6) is -1.03. The third kappa shape index (κ3) is 11.9. The monoisotopic (exact) mass is 696 g/mol. The van der Waals surface area contributed by atoms with Gasteiger partial charge in [-0.3, -0.25) is 19.2 Å². The summed E-state index contributed by atoms with van der Waals surface area (Å²) in [6.07, 6.45) is 13.6. The first-order valence-electron chi connectivity index (χ1n) is 18.0. The van der Waals surface area contributed by atoms with Crippen molar-refractivity contribution in [3.8, 4) is 22.5 Å². The Morgan fingerprint density at radius 3 is 1.22 bits per heavy atom. The van der Waals surface area contributed by atoms with E-state index in [9.17, 15) is 19.2 Å². The lowest BCUT2D eigenvalue weighted by Crippen LogP contribution is -2.49. The van der Waals surface area contributed by atoms with Gasteiger partial charge in [0.05, 0.1) is 36.4 Å². The Morgan fingerprint density at radius 1 is 0.549 bits per heavy atom. The van der Waals surface area contributed by atoms with Crippen molar-refractivity contribution in [3.63, 3.8) is 0 Å². The summed E-state index contributed by atoms with van der Waals surface area (Å²) in [7, 11) is 0. The van der Waals surface area contributed by atoms with Crippen molar-refractivity contribution in [1.82, 2.24) is 41.2 Å². The summed E-state index contributed by atoms with van der Waals surface area (Å²) in [5, 5.41) is 11.8. The van der Waals surface area contributed by atoms with E-state index in [-0.39, 0.29) is 35.5 Å². The van der Waals surface area contributed by atoms with Crippen LogP contribution in [-0.4, -0.2) is 68.7 Å². The molecule has 0 aliphatic rings. The standard InChI is InChI=1S/C39H52N8O4/c1-26(2)34(46-36(48)30-16-12-28(13-17-30)32-22-40-24-44-32)38(50)42-20-10-8-6-5-7-9-11-21-43-39(51)35(27(3)4)47-37(49)31-18-14-29(15-19-31)33-23-41-25-45-33/h12-19,22-27,34-35H,5-11,20-21H2,1-4H3,(H,40,44)(H,41,45)(H,42,50)(H,43,51)(H,46,48)(H,47,49)/t34-,35-/m0/s1. The van der Waals surface area contributed by atoms with E-state index in [1.54, 1.807) is 49.3 Å². The minimum atomic E-state index is -0.622. The van der Waals surface area contributed by atoms with Gasteiger partial charge in [-0.2, -0.15) is 0 Å². The number of nitrogens with one attached hydrogen (secondary N) is 6. The summed E-state index contributed by atoms with van der Waals surface area (Å²) in [5.41, 5.74) is 4.58. The molecule has 4 aromatic rings. The fraction of sp³-hybridized carbons (Fsp3) is 0.436. The van der Waals surface area contributed by atoms with Gasteiger partial charge in [0.1, 0.15) is 12.1 Å². The number of benzene rings is 2. The normalized spacial score (nSPS) is 12.4. The lowest BCUT2D eigenvalue weighted by atomic mass is 10.0. The van der Waals surface area contributed by atoms with Gasteiger partial charge in [-0.05, 0) is 60.1 Å². The molecule has 2 atom stereocenters. The van der Waals surface area contributed by atoms with Gasteiger partial charge >= 0.3 is 0 Å². The fourth-order valence-electron chi connectivity index (χ4n) is 5.73. The van der Waals surface area contributed by atoms with Gasteiger partial charge in [0.15, 0.2) is 0 Å². The van der Waals surface area contributed by atoms with Crippen molar-refractivity contribution < 1.29 is 19.2 Å². The molecule has 2 aromatic heterocycles. The highest BCUT2D eigenvalue weighted by Crippen LogP contribution is 2.18. The number of rotatable bonds is 20. The lowest BCUT2D eigenvalue weighted by molar-refractivity contribution is -0.124. The van der Waals surface area contributed by atoms with Crippen LogP contribution >= 0.6 is 0 Å². The predicted octanol–water partition coefficient (Wildman–Crippen LogP) is 5.64. The Morgan fingerprint density at radius 2 is 0.902 bits per heavy atom. The number of imidazole rings is 2. The zero-order valence-electron chi connectivity index (χ0n) is 30.1. The second-order valence-electron chi connectivity index (χ2n) is 13.5. The predicted molar refractivity (Wildman–Crippen MR) is 199 cm³/mol. The van der Waals surface area contributed by atoms with E-state index in [0.717, 1.165) is 67.5 Å². The second-order valence-corrected chi connectivity index (χ2v) is 13.5. The summed E-state index contributed by atoms with van der Waals surface area (Å²) in [4.78, 5) is 65.7. The van der Waals surface area contributed by atoms with Crippen LogP contribution in [-0.2, 0) is 9.59 Å². The van der Waals surface area contributed by atoms with Gasteiger partial charge in [-0.15, -0.1) is 0 Å². The number of H-pyrrole nitrogens is 2. The van der Waals surface area contributed by atoms with E-state index < -0.39 is 12.1 Å². The number of carbonyl (C=O) groups is 4. The van der Waals surface area contributed by atoms with Gasteiger partial charge < -0.3 is 31.2 Å². The van der Waals surface area contributed by atoms with Crippen LogP contribution in [0, 0.1) is 11.8 Å². The first kappa shape index (κ1) is 38.5. The van der Waals surface area contributed by atoms with Crippen LogP contribution in [0.4, 0.5) is 0 Å². The largest absolute Gasteiger partial charge is 0.354 e. The first-order valence-corrected chi connectivity index (χ1v) is 18.0. The van der Waals surface area contributed by atoms with Crippen LogP contribution in [0.5, 0.6) is 0 Å². The number of aromatic nitrogens is 4. The lowest BCUT2D eigenvalue weighted by Gasteiger charge is -2.22. The Labute approximate surface area is 300 Å². The molecule has 0 aliphatic heterocycles. The fourth-order valence-corrected chi connectivity index (χ4v) is 5.73. The molecule has 51 heavy (non-hydrogen) atoms. The van der Waals surface area contributed by atoms with Crippen LogP contribution in [0.1, 0.15) is 93.4 Å². The summed E-state index contributed by atoms with van der Waals surface area (Å²) >= 11 is 0. The Kier molecular flexibility index (Phi) is 15.0. The van der Waals surface area contributed by atoms with E-state index in [2.05, 4.69) is 41.2 Å². The molecule has 0 radical (unpaired) electrons. The topological polar surface area (TPSA) is 174 Å². The van der Waals surface area contributed by atoms with E-state index in [1.807, 2.05) is 52.0 Å². The quantitative estimate of drug-likeness (QED) is 0.0653. The average Bonchev–Trinajstić information content (AvgIpc) is 3.87. The summed E-state index contributed by atoms with van der Waals surface area (Å²) in [6, 6.07) is 13.1. The second kappa shape index (κ2) is 19.8. The maximum atomic E-state index is 12.9. The van der Waals surface area contributed by atoms with Crippen molar-refractivity contribution in [2.45, 2.75) is 84.7 Å². The van der Waals surface area contributed by atoms with Gasteiger partial charge in [-0.1, -0.05) is 84.1 Å². The number of amides is 4. The molecule has 0 fully saturated rings. The van der Waals surface area contributed by atoms with Crippen molar-refractivity contribution in [2.75, 3.05) is 13.1 Å². The van der Waals surface area contributed by atoms with Crippen LogP contribution in [0.2, 0.25) is 0 Å². The molecular formula is C39H52N8O4. The Balaban J connectivity index is 1.05. The molecule has 4 amide bonds. The SMILES string of the molecule is CC(C)[C@H](NC(=O)c1ccc(-c2cnc[nH]2)cc1)C(=O)NCCCCCCCCCNC(=O)[C@@H](NC(=O)c1ccc(-c2cnc[nH]2)cc1)C(C)C. The number of hydrogen-bond donors (Lipinski definition) is 6. The molecule has 4 rings (SSSR count). The van der Waals surface area contributed by atoms with Crippen molar-refractivity contribution in [2.24, 2.45) is 11.8 Å². The molecule has 0 unspecified atom stereocenters. The highest BCUT2D eigenvalue weighted by atomic mass is 16.2. The summed E-state index contributed by atoms with van der Waals surface area (Å²) in [6.45, 7) is 8.80. The van der Waals surface area contributed by atoms with E-state index >= 15 is 0 Å².